The van der Waals surface area contributed by atoms with Crippen LogP contribution in [0.3, 0.4) is 0 Å². The molecule has 0 spiro atoms. The van der Waals surface area contributed by atoms with E-state index in [1.807, 2.05) is 24.3 Å². The summed E-state index contributed by atoms with van der Waals surface area (Å²) in [6.45, 7) is 0. The van der Waals surface area contributed by atoms with Gasteiger partial charge >= 0.3 is 0 Å². The third-order valence-electron chi connectivity index (χ3n) is 3.61. The second-order valence-corrected chi connectivity index (χ2v) is 7.51. The van der Waals surface area contributed by atoms with Gasteiger partial charge in [0, 0.05) is 11.1 Å². The molecule has 3 nitrogen and oxygen atoms in total. The van der Waals surface area contributed by atoms with Crippen molar-refractivity contribution in [3.63, 3.8) is 0 Å². The van der Waals surface area contributed by atoms with Gasteiger partial charge in [-0.25, -0.2) is 13.1 Å². The van der Waals surface area contributed by atoms with Crippen LogP contribution in [0.5, 0.6) is 0 Å². The number of aryl methyl sites for hydroxylation is 1. The molecule has 0 heterocycles. The minimum absolute atomic E-state index is 0.0149. The maximum absolute atomic E-state index is 12.5. The van der Waals surface area contributed by atoms with Gasteiger partial charge in [-0.1, -0.05) is 47.5 Å². The zero-order valence-corrected chi connectivity index (χ0v) is 13.3. The van der Waals surface area contributed by atoms with E-state index in [0.717, 1.165) is 18.4 Å². The Labute approximate surface area is 133 Å². The fraction of sp³-hybridized carbons (Fsp3) is 0.200. The molecule has 1 aliphatic rings. The molecule has 1 atom stereocenters. The first-order valence-corrected chi connectivity index (χ1v) is 8.76. The zero-order chi connectivity index (χ0) is 15.0. The van der Waals surface area contributed by atoms with Crippen molar-refractivity contribution in [2.45, 2.75) is 23.8 Å². The second kappa shape index (κ2) is 5.61. The number of benzene rings is 2. The molecule has 21 heavy (non-hydrogen) atoms. The van der Waals surface area contributed by atoms with E-state index in [2.05, 4.69) is 4.72 Å². The lowest BCUT2D eigenvalue weighted by atomic mass is 10.1. The maximum atomic E-state index is 12.5. The van der Waals surface area contributed by atoms with Crippen molar-refractivity contribution in [2.24, 2.45) is 0 Å². The minimum atomic E-state index is -3.71. The van der Waals surface area contributed by atoms with Crippen LogP contribution in [-0.2, 0) is 16.4 Å². The van der Waals surface area contributed by atoms with E-state index in [9.17, 15) is 8.42 Å². The van der Waals surface area contributed by atoms with Crippen molar-refractivity contribution in [2.75, 3.05) is 0 Å². The lowest BCUT2D eigenvalue weighted by molar-refractivity contribution is 0.554. The van der Waals surface area contributed by atoms with Crippen molar-refractivity contribution in [3.8, 4) is 0 Å². The van der Waals surface area contributed by atoms with Crippen molar-refractivity contribution >= 4 is 33.2 Å². The fourth-order valence-corrected chi connectivity index (χ4v) is 4.63. The van der Waals surface area contributed by atoms with Gasteiger partial charge in [0.05, 0.1) is 5.02 Å². The van der Waals surface area contributed by atoms with Gasteiger partial charge in [0.2, 0.25) is 10.0 Å². The molecular weight excluding hydrogens is 329 g/mol. The number of hydrogen-bond acceptors (Lipinski definition) is 2. The summed E-state index contributed by atoms with van der Waals surface area (Å²) in [5, 5.41) is 0.504. The Kier molecular flexibility index (Phi) is 3.97. The van der Waals surface area contributed by atoms with E-state index in [0.29, 0.717) is 5.02 Å². The zero-order valence-electron chi connectivity index (χ0n) is 11.0. The lowest BCUT2D eigenvalue weighted by Crippen LogP contribution is -2.27. The quantitative estimate of drug-likeness (QED) is 0.918. The summed E-state index contributed by atoms with van der Waals surface area (Å²) in [5.41, 5.74) is 2.21. The summed E-state index contributed by atoms with van der Waals surface area (Å²) in [5.74, 6) is 0. The standard InChI is InChI=1S/C15H13Cl2NO2S/c16-11-6-7-13(17)15(9-11)21(19,20)18-14-8-5-10-3-1-2-4-12(10)14/h1-4,6-7,9,14,18H,5,8H2/t14-/m1/s1. The molecule has 0 aromatic heterocycles. The van der Waals surface area contributed by atoms with Gasteiger partial charge in [0.1, 0.15) is 4.90 Å². The average molecular weight is 342 g/mol. The summed E-state index contributed by atoms with van der Waals surface area (Å²) < 4.78 is 27.8. The van der Waals surface area contributed by atoms with Gasteiger partial charge in [-0.15, -0.1) is 0 Å². The third-order valence-corrected chi connectivity index (χ3v) is 5.80. The molecule has 0 unspecified atom stereocenters. The van der Waals surface area contributed by atoms with Gasteiger partial charge in [0.25, 0.3) is 0 Å². The van der Waals surface area contributed by atoms with Gasteiger partial charge in [-0.2, -0.15) is 0 Å². The Bertz CT molecular complexity index is 790. The van der Waals surface area contributed by atoms with E-state index >= 15 is 0 Å². The number of halogens is 2. The highest BCUT2D eigenvalue weighted by atomic mass is 35.5. The van der Waals surface area contributed by atoms with E-state index in [1.165, 1.54) is 17.7 Å². The Hall–Kier alpha value is -1.07. The van der Waals surface area contributed by atoms with Crippen LogP contribution in [0, 0.1) is 0 Å². The van der Waals surface area contributed by atoms with Crippen LogP contribution < -0.4 is 4.72 Å². The predicted molar refractivity (Wildman–Crippen MR) is 84.3 cm³/mol. The molecule has 2 aromatic carbocycles. The number of hydrogen-bond donors (Lipinski definition) is 1. The van der Waals surface area contributed by atoms with Crippen LogP contribution >= 0.6 is 23.2 Å². The lowest BCUT2D eigenvalue weighted by Gasteiger charge is -2.15. The van der Waals surface area contributed by atoms with Crippen molar-refractivity contribution in [3.05, 3.63) is 63.6 Å². The van der Waals surface area contributed by atoms with Crippen LogP contribution in [0.4, 0.5) is 0 Å². The SMILES string of the molecule is O=S(=O)(N[C@@H]1CCc2ccccc21)c1cc(Cl)ccc1Cl. The topological polar surface area (TPSA) is 46.2 Å². The molecule has 110 valence electrons. The van der Waals surface area contributed by atoms with Crippen LogP contribution in [0.25, 0.3) is 0 Å². The second-order valence-electron chi connectivity index (χ2n) is 4.99. The van der Waals surface area contributed by atoms with E-state index in [4.69, 9.17) is 23.2 Å². The Morgan fingerprint density at radius 3 is 2.67 bits per heavy atom. The summed E-state index contributed by atoms with van der Waals surface area (Å²) >= 11 is 11.9. The first kappa shape index (κ1) is 14.9. The van der Waals surface area contributed by atoms with E-state index in [1.54, 1.807) is 6.07 Å². The van der Waals surface area contributed by atoms with Crippen LogP contribution in [-0.4, -0.2) is 8.42 Å². The summed E-state index contributed by atoms with van der Waals surface area (Å²) in [6, 6.07) is 12.1. The Morgan fingerprint density at radius 1 is 1.10 bits per heavy atom. The number of rotatable bonds is 3. The van der Waals surface area contributed by atoms with Crippen LogP contribution in [0.2, 0.25) is 10.0 Å². The summed E-state index contributed by atoms with van der Waals surface area (Å²) in [7, 11) is -3.71. The Balaban J connectivity index is 1.93. The molecule has 1 N–H and O–H groups in total. The largest absolute Gasteiger partial charge is 0.242 e. The third kappa shape index (κ3) is 2.94. The highest BCUT2D eigenvalue weighted by Crippen LogP contribution is 2.33. The van der Waals surface area contributed by atoms with Crippen LogP contribution in [0.1, 0.15) is 23.6 Å². The number of sulfonamides is 1. The number of nitrogens with one attached hydrogen (secondary N) is 1. The molecular formula is C15H13Cl2NO2S. The monoisotopic (exact) mass is 341 g/mol. The molecule has 2 aromatic rings. The molecule has 0 radical (unpaired) electrons. The highest BCUT2D eigenvalue weighted by Gasteiger charge is 2.28. The minimum Gasteiger partial charge on any atom is -0.207 e. The molecule has 0 fully saturated rings. The molecule has 6 heteroatoms. The first-order chi connectivity index (χ1) is 9.97. The molecule has 0 amide bonds. The molecule has 0 bridgehead atoms. The molecule has 0 aliphatic heterocycles. The number of fused-ring (bicyclic) bond motifs is 1. The molecule has 0 saturated carbocycles. The smallest absolute Gasteiger partial charge is 0.207 e. The summed E-state index contributed by atoms with van der Waals surface area (Å²) in [4.78, 5) is 0.0149. The van der Waals surface area contributed by atoms with Gasteiger partial charge in [-0.3, -0.25) is 0 Å². The maximum Gasteiger partial charge on any atom is 0.242 e. The molecule has 3 rings (SSSR count). The molecule has 1 aliphatic carbocycles. The van der Waals surface area contributed by atoms with Crippen LogP contribution in [0.15, 0.2) is 47.4 Å². The normalized spacial score (nSPS) is 17.7. The predicted octanol–water partition coefficient (Wildman–Crippen LogP) is 3.96. The Morgan fingerprint density at radius 2 is 1.86 bits per heavy atom. The molecule has 0 saturated heterocycles. The van der Waals surface area contributed by atoms with Gasteiger partial charge < -0.3 is 0 Å². The van der Waals surface area contributed by atoms with Gasteiger partial charge in [0.15, 0.2) is 0 Å². The van der Waals surface area contributed by atoms with Crippen molar-refractivity contribution < 1.29 is 8.42 Å². The van der Waals surface area contributed by atoms with E-state index in [-0.39, 0.29) is 16.0 Å². The van der Waals surface area contributed by atoms with Gasteiger partial charge in [-0.05, 0) is 42.2 Å². The summed E-state index contributed by atoms with van der Waals surface area (Å²) in [6.07, 6.45) is 1.61. The van der Waals surface area contributed by atoms with Crippen molar-refractivity contribution in [1.82, 2.24) is 4.72 Å². The first-order valence-electron chi connectivity index (χ1n) is 6.52. The van der Waals surface area contributed by atoms with Crippen molar-refractivity contribution in [1.29, 1.82) is 0 Å². The highest BCUT2D eigenvalue weighted by molar-refractivity contribution is 7.89. The van der Waals surface area contributed by atoms with E-state index < -0.39 is 10.0 Å². The fourth-order valence-electron chi connectivity index (χ4n) is 2.61. The average Bonchev–Trinajstić information content (AvgIpc) is 2.84.